The predicted octanol–water partition coefficient (Wildman–Crippen LogP) is 1.74. The first-order valence-electron chi connectivity index (χ1n) is 10.3. The molecule has 2 N–H and O–H groups in total. The van der Waals surface area contributed by atoms with Gasteiger partial charge in [-0.1, -0.05) is 0 Å². The van der Waals surface area contributed by atoms with Gasteiger partial charge in [0, 0.05) is 30.4 Å². The Morgan fingerprint density at radius 1 is 1.13 bits per heavy atom. The molecule has 31 heavy (non-hydrogen) atoms. The smallest absolute Gasteiger partial charge is 0.255 e. The average molecular weight is 431 g/mol. The number of anilines is 1. The normalized spacial score (nSPS) is 14.3. The van der Waals surface area contributed by atoms with Gasteiger partial charge in [-0.25, -0.2) is 4.98 Å². The first-order valence-corrected chi connectivity index (χ1v) is 10.3. The molecule has 1 aromatic heterocycles. The molecule has 1 saturated heterocycles. The molecule has 0 saturated carbocycles. The second kappa shape index (κ2) is 9.72. The van der Waals surface area contributed by atoms with E-state index >= 15 is 0 Å². The first kappa shape index (κ1) is 22.5. The minimum atomic E-state index is -0.108. The van der Waals surface area contributed by atoms with Crippen molar-refractivity contribution in [2.45, 2.75) is 39.2 Å². The van der Waals surface area contributed by atoms with Crippen LogP contribution in [0.2, 0.25) is 0 Å². The van der Waals surface area contributed by atoms with Crippen LogP contribution in [0.25, 0.3) is 0 Å². The number of amides is 1. The van der Waals surface area contributed by atoms with Crippen LogP contribution < -0.4 is 30.0 Å². The van der Waals surface area contributed by atoms with Crippen molar-refractivity contribution in [1.29, 1.82) is 0 Å². The molecule has 1 amide bonds. The molecule has 0 radical (unpaired) electrons. The lowest BCUT2D eigenvalue weighted by atomic mass is 10.0. The summed E-state index contributed by atoms with van der Waals surface area (Å²) in [6.07, 6.45) is 1.76. The molecule has 2 aromatic rings. The number of carbonyl (C=O) groups is 1. The molecule has 1 aliphatic heterocycles. The zero-order valence-electron chi connectivity index (χ0n) is 18.7. The number of aromatic nitrogens is 2. The minimum Gasteiger partial charge on any atom is -0.493 e. The number of methoxy groups -OCH3 is 3. The summed E-state index contributed by atoms with van der Waals surface area (Å²) in [6, 6.07) is 3.64. The van der Waals surface area contributed by atoms with Gasteiger partial charge < -0.3 is 24.4 Å². The molecule has 9 heteroatoms. The molecule has 1 fully saturated rings. The van der Waals surface area contributed by atoms with Crippen molar-refractivity contribution in [2.75, 3.05) is 39.3 Å². The summed E-state index contributed by atoms with van der Waals surface area (Å²) in [6.45, 7) is 5.02. The highest BCUT2D eigenvalue weighted by Crippen LogP contribution is 2.38. The summed E-state index contributed by atoms with van der Waals surface area (Å²) < 4.78 is 16.0. The Kier molecular flexibility index (Phi) is 7.04. The van der Waals surface area contributed by atoms with Crippen LogP contribution in [0.1, 0.15) is 29.7 Å². The average Bonchev–Trinajstić information content (AvgIpc) is 2.76. The van der Waals surface area contributed by atoms with E-state index in [9.17, 15) is 9.59 Å². The fraction of sp³-hybridized carbons (Fsp3) is 0.500. The topological polar surface area (TPSA) is 106 Å². The fourth-order valence-electron chi connectivity index (χ4n) is 3.72. The molecule has 0 spiro atoms. The molecule has 0 atom stereocenters. The van der Waals surface area contributed by atoms with Crippen molar-refractivity contribution < 1.29 is 19.0 Å². The van der Waals surface area contributed by atoms with Gasteiger partial charge in [-0.2, -0.15) is 0 Å². The van der Waals surface area contributed by atoms with Crippen LogP contribution in [0.15, 0.2) is 16.9 Å². The van der Waals surface area contributed by atoms with Gasteiger partial charge in [-0.3, -0.25) is 14.6 Å². The Morgan fingerprint density at radius 3 is 2.26 bits per heavy atom. The second-order valence-corrected chi connectivity index (χ2v) is 7.64. The van der Waals surface area contributed by atoms with Gasteiger partial charge in [0.1, 0.15) is 0 Å². The van der Waals surface area contributed by atoms with E-state index < -0.39 is 0 Å². The summed E-state index contributed by atoms with van der Waals surface area (Å²) in [7, 11) is 4.64. The molecular formula is C22H30N4O5. The van der Waals surface area contributed by atoms with Gasteiger partial charge in [0.25, 0.3) is 5.56 Å². The van der Waals surface area contributed by atoms with Crippen molar-refractivity contribution >= 4 is 11.9 Å². The van der Waals surface area contributed by atoms with E-state index in [0.717, 1.165) is 24.1 Å². The van der Waals surface area contributed by atoms with Crippen molar-refractivity contribution in [3.05, 3.63) is 39.3 Å². The fourth-order valence-corrected chi connectivity index (χ4v) is 3.72. The zero-order valence-corrected chi connectivity index (χ0v) is 18.7. The third-order valence-electron chi connectivity index (χ3n) is 5.63. The predicted molar refractivity (Wildman–Crippen MR) is 118 cm³/mol. The van der Waals surface area contributed by atoms with Gasteiger partial charge in [0.15, 0.2) is 11.5 Å². The van der Waals surface area contributed by atoms with Crippen LogP contribution in [0.4, 0.5) is 5.95 Å². The summed E-state index contributed by atoms with van der Waals surface area (Å²) in [5, 5.41) is 3.10. The Morgan fingerprint density at radius 2 is 1.74 bits per heavy atom. The van der Waals surface area contributed by atoms with Crippen LogP contribution >= 0.6 is 0 Å². The summed E-state index contributed by atoms with van der Waals surface area (Å²) in [4.78, 5) is 34.0. The third kappa shape index (κ3) is 5.10. The second-order valence-electron chi connectivity index (χ2n) is 7.64. The highest BCUT2D eigenvalue weighted by Gasteiger charge is 2.23. The van der Waals surface area contributed by atoms with E-state index in [1.807, 2.05) is 6.92 Å². The van der Waals surface area contributed by atoms with Gasteiger partial charge in [0.2, 0.25) is 17.6 Å². The molecule has 1 aromatic carbocycles. The molecule has 0 unspecified atom stereocenters. The van der Waals surface area contributed by atoms with Crippen LogP contribution in [0, 0.1) is 13.8 Å². The maximum absolute atomic E-state index is 12.6. The Balaban J connectivity index is 1.59. The molecule has 2 heterocycles. The van der Waals surface area contributed by atoms with E-state index in [-0.39, 0.29) is 23.9 Å². The third-order valence-corrected chi connectivity index (χ3v) is 5.63. The number of aryl methyl sites for hydroxylation is 1. The molecule has 0 bridgehead atoms. The van der Waals surface area contributed by atoms with E-state index in [4.69, 9.17) is 14.2 Å². The van der Waals surface area contributed by atoms with Crippen LogP contribution in [-0.4, -0.2) is 56.3 Å². The number of hydrogen-bond donors (Lipinski definition) is 2. The number of carbonyl (C=O) groups excluding carboxylic acids is 1. The van der Waals surface area contributed by atoms with Gasteiger partial charge in [0.05, 0.1) is 27.8 Å². The number of aromatic amines is 1. The van der Waals surface area contributed by atoms with E-state index in [0.29, 0.717) is 41.8 Å². The number of ether oxygens (including phenoxy) is 3. The van der Waals surface area contributed by atoms with Gasteiger partial charge >= 0.3 is 0 Å². The van der Waals surface area contributed by atoms with Crippen molar-refractivity contribution in [2.24, 2.45) is 0 Å². The lowest BCUT2D eigenvalue weighted by Crippen LogP contribution is -2.46. The van der Waals surface area contributed by atoms with E-state index in [1.54, 1.807) is 40.4 Å². The summed E-state index contributed by atoms with van der Waals surface area (Å²) in [5.41, 5.74) is 2.04. The highest BCUT2D eigenvalue weighted by molar-refractivity contribution is 5.79. The van der Waals surface area contributed by atoms with E-state index in [1.165, 1.54) is 0 Å². The minimum absolute atomic E-state index is 0.0644. The molecule has 3 rings (SSSR count). The number of rotatable bonds is 7. The Hall–Kier alpha value is -3.23. The largest absolute Gasteiger partial charge is 0.493 e. The molecule has 1 aliphatic rings. The Bertz CT molecular complexity index is 971. The maximum Gasteiger partial charge on any atom is 0.255 e. The van der Waals surface area contributed by atoms with Crippen molar-refractivity contribution in [3.63, 3.8) is 0 Å². The molecule has 168 valence electrons. The van der Waals surface area contributed by atoms with E-state index in [2.05, 4.69) is 20.2 Å². The molecule has 9 nitrogen and oxygen atoms in total. The zero-order chi connectivity index (χ0) is 22.5. The lowest BCUT2D eigenvalue weighted by molar-refractivity contribution is -0.121. The maximum atomic E-state index is 12.6. The van der Waals surface area contributed by atoms with Crippen molar-refractivity contribution in [1.82, 2.24) is 15.3 Å². The lowest BCUT2D eigenvalue weighted by Gasteiger charge is -2.32. The number of hydrogen-bond acceptors (Lipinski definition) is 7. The monoisotopic (exact) mass is 430 g/mol. The number of benzene rings is 1. The van der Waals surface area contributed by atoms with Crippen LogP contribution in [-0.2, 0) is 11.2 Å². The van der Waals surface area contributed by atoms with Crippen molar-refractivity contribution in [3.8, 4) is 17.2 Å². The quantitative estimate of drug-likeness (QED) is 0.689. The van der Waals surface area contributed by atoms with Gasteiger partial charge in [-0.05, 0) is 44.4 Å². The summed E-state index contributed by atoms with van der Waals surface area (Å²) in [5.74, 6) is 2.07. The number of H-pyrrole nitrogens is 1. The molecular weight excluding hydrogens is 400 g/mol. The standard InChI is InChI=1S/C22H30N4O5/c1-13-14(2)23-22(25-21(13)28)26-8-6-16(7-9-26)24-19(27)12-15-10-17(29-3)20(31-5)18(11-15)30-4/h10-11,16H,6-9,12H2,1-5H3,(H,24,27)(H,23,25,28). The highest BCUT2D eigenvalue weighted by atomic mass is 16.5. The number of piperidine rings is 1. The van der Waals surface area contributed by atoms with Gasteiger partial charge in [-0.15, -0.1) is 0 Å². The summed E-state index contributed by atoms with van der Waals surface area (Å²) >= 11 is 0. The first-order chi connectivity index (χ1) is 14.9. The Labute approximate surface area is 181 Å². The number of nitrogens with zero attached hydrogens (tertiary/aromatic N) is 2. The molecule has 0 aliphatic carbocycles. The SMILES string of the molecule is COc1cc(CC(=O)NC2CCN(c3nc(C)c(C)c(=O)[nH]3)CC2)cc(OC)c1OC. The van der Waals surface area contributed by atoms with Crippen LogP contribution in [0.3, 0.4) is 0 Å². The van der Waals surface area contributed by atoms with Crippen LogP contribution in [0.5, 0.6) is 17.2 Å². The number of nitrogens with one attached hydrogen (secondary N) is 2.